The molecule has 0 saturated heterocycles. The van der Waals surface area contributed by atoms with Gasteiger partial charge in [-0.25, -0.2) is 9.97 Å². The highest BCUT2D eigenvalue weighted by Crippen LogP contribution is 2.30. The average molecular weight is 448 g/mol. The summed E-state index contributed by atoms with van der Waals surface area (Å²) in [6.07, 6.45) is 6.61. The molecule has 8 heteroatoms. The molecule has 0 spiro atoms. The lowest BCUT2D eigenvalue weighted by molar-refractivity contribution is -0.0883. The molecule has 174 valence electrons. The normalized spacial score (nSPS) is 15.0. The van der Waals surface area contributed by atoms with E-state index in [0.717, 1.165) is 37.2 Å². The van der Waals surface area contributed by atoms with E-state index >= 15 is 0 Å². The summed E-state index contributed by atoms with van der Waals surface area (Å²) >= 11 is 0. The van der Waals surface area contributed by atoms with Gasteiger partial charge in [-0.3, -0.25) is 4.68 Å². The van der Waals surface area contributed by atoms with Crippen molar-refractivity contribution in [2.24, 2.45) is 0 Å². The van der Waals surface area contributed by atoms with E-state index < -0.39 is 11.7 Å². The van der Waals surface area contributed by atoms with Crippen LogP contribution in [0.15, 0.2) is 48.2 Å². The van der Waals surface area contributed by atoms with Crippen molar-refractivity contribution in [3.63, 3.8) is 0 Å². The van der Waals surface area contributed by atoms with Gasteiger partial charge in [0.15, 0.2) is 0 Å². The SMILES string of the molecule is CC(C)c1ccnc(N)n1.C\C=C/C(=C\C(=C\CC)C(F)(F)F)c1cc2n(n1)CCCC2. The van der Waals surface area contributed by atoms with Crippen LogP contribution in [0.1, 0.15) is 70.0 Å². The van der Waals surface area contributed by atoms with Gasteiger partial charge in [-0.1, -0.05) is 39.0 Å². The van der Waals surface area contributed by atoms with E-state index in [0.29, 0.717) is 29.6 Å². The zero-order chi connectivity index (χ0) is 23.7. The van der Waals surface area contributed by atoms with Crippen LogP contribution in [0.2, 0.25) is 0 Å². The number of aromatic nitrogens is 4. The maximum Gasteiger partial charge on any atom is 0.416 e. The van der Waals surface area contributed by atoms with Gasteiger partial charge in [0.2, 0.25) is 5.95 Å². The predicted octanol–water partition coefficient (Wildman–Crippen LogP) is 6.26. The van der Waals surface area contributed by atoms with Crippen LogP contribution in [0.3, 0.4) is 0 Å². The Bertz CT molecular complexity index is 945. The maximum atomic E-state index is 13.1. The molecule has 0 atom stereocenters. The van der Waals surface area contributed by atoms with Gasteiger partial charge in [0, 0.05) is 29.7 Å². The Balaban J connectivity index is 0.000000303. The molecular formula is C24H32F3N5. The second-order valence-corrected chi connectivity index (χ2v) is 7.86. The standard InChI is InChI=1S/C17H21F3N2.C7H11N3/c1-3-7-13(11-14(8-4-2)17(18,19)20)16-12-15-9-5-6-10-22(15)21-16;1-5(2)6-3-4-9-7(8)10-6/h3,7-8,11-12H,4-6,9-10H2,1-2H3;3-5H,1-2H3,(H2,8,9,10)/b7-3-,13-11+,14-8-;. The molecule has 5 nitrogen and oxygen atoms in total. The number of halogens is 3. The first-order chi connectivity index (χ1) is 15.2. The van der Waals surface area contributed by atoms with Gasteiger partial charge in [0.1, 0.15) is 0 Å². The number of fused-ring (bicyclic) bond motifs is 1. The lowest BCUT2D eigenvalue weighted by Gasteiger charge is -2.11. The van der Waals surface area contributed by atoms with Crippen molar-refractivity contribution in [3.8, 4) is 0 Å². The molecule has 0 saturated carbocycles. The fraction of sp³-hybridized carbons (Fsp3) is 0.458. The van der Waals surface area contributed by atoms with Crippen LogP contribution in [0, 0.1) is 0 Å². The van der Waals surface area contributed by atoms with Gasteiger partial charge in [-0.05, 0) is 56.7 Å². The van der Waals surface area contributed by atoms with Crippen molar-refractivity contribution >= 4 is 11.5 Å². The molecule has 0 bridgehead atoms. The third kappa shape index (κ3) is 7.35. The molecule has 2 N–H and O–H groups in total. The van der Waals surface area contributed by atoms with Gasteiger partial charge in [-0.2, -0.15) is 18.3 Å². The van der Waals surface area contributed by atoms with Crippen LogP contribution in [0.5, 0.6) is 0 Å². The molecule has 0 aromatic carbocycles. The highest BCUT2D eigenvalue weighted by Gasteiger charge is 2.32. The lowest BCUT2D eigenvalue weighted by Crippen LogP contribution is -2.11. The Morgan fingerprint density at radius 1 is 1.28 bits per heavy atom. The van der Waals surface area contributed by atoms with E-state index in [2.05, 4.69) is 28.9 Å². The van der Waals surface area contributed by atoms with Crippen molar-refractivity contribution in [1.82, 2.24) is 19.7 Å². The van der Waals surface area contributed by atoms with E-state index in [4.69, 9.17) is 5.73 Å². The molecule has 32 heavy (non-hydrogen) atoms. The minimum Gasteiger partial charge on any atom is -0.368 e. The van der Waals surface area contributed by atoms with Crippen molar-refractivity contribution in [2.75, 3.05) is 5.73 Å². The summed E-state index contributed by atoms with van der Waals surface area (Å²) in [6, 6.07) is 3.78. The van der Waals surface area contributed by atoms with Crippen molar-refractivity contribution < 1.29 is 13.2 Å². The second-order valence-electron chi connectivity index (χ2n) is 7.86. The summed E-state index contributed by atoms with van der Waals surface area (Å²) in [5.41, 5.74) is 7.97. The van der Waals surface area contributed by atoms with Crippen LogP contribution in [0.4, 0.5) is 19.1 Å². The van der Waals surface area contributed by atoms with Crippen molar-refractivity contribution in [1.29, 1.82) is 0 Å². The van der Waals surface area contributed by atoms with Gasteiger partial charge in [0.05, 0.1) is 11.3 Å². The molecular weight excluding hydrogens is 415 g/mol. The Hall–Kier alpha value is -2.90. The highest BCUT2D eigenvalue weighted by molar-refractivity contribution is 5.74. The van der Waals surface area contributed by atoms with E-state index in [1.165, 1.54) is 12.2 Å². The largest absolute Gasteiger partial charge is 0.416 e. The number of hydrogen-bond acceptors (Lipinski definition) is 4. The molecule has 0 aliphatic carbocycles. The number of hydrogen-bond donors (Lipinski definition) is 1. The quantitative estimate of drug-likeness (QED) is 0.549. The summed E-state index contributed by atoms with van der Waals surface area (Å²) in [6.45, 7) is 8.48. The summed E-state index contributed by atoms with van der Waals surface area (Å²) < 4.78 is 41.2. The summed E-state index contributed by atoms with van der Waals surface area (Å²) in [5, 5.41) is 4.47. The molecule has 1 aliphatic rings. The van der Waals surface area contributed by atoms with Crippen LogP contribution >= 0.6 is 0 Å². The second kappa shape index (κ2) is 11.6. The van der Waals surface area contributed by atoms with E-state index in [1.54, 1.807) is 32.2 Å². The number of rotatable bonds is 5. The van der Waals surface area contributed by atoms with Crippen LogP contribution in [-0.2, 0) is 13.0 Å². The first kappa shape index (κ1) is 25.4. The van der Waals surface area contributed by atoms with E-state index in [-0.39, 0.29) is 0 Å². The third-order valence-electron chi connectivity index (χ3n) is 4.91. The van der Waals surface area contributed by atoms with Crippen molar-refractivity contribution in [2.45, 2.75) is 72.0 Å². The van der Waals surface area contributed by atoms with Crippen molar-refractivity contribution in [3.05, 3.63) is 65.3 Å². The Kier molecular flexibility index (Phi) is 9.23. The number of nitrogens with two attached hydrogens (primary N) is 1. The molecule has 1 aliphatic heterocycles. The monoisotopic (exact) mass is 447 g/mol. The van der Waals surface area contributed by atoms with Gasteiger partial charge in [-0.15, -0.1) is 0 Å². The van der Waals surface area contributed by atoms with Gasteiger partial charge < -0.3 is 5.73 Å². The Labute approximate surface area is 188 Å². The minimum atomic E-state index is -4.35. The topological polar surface area (TPSA) is 69.6 Å². The predicted molar refractivity (Wildman–Crippen MR) is 123 cm³/mol. The number of aryl methyl sites for hydroxylation is 2. The third-order valence-corrected chi connectivity index (χ3v) is 4.91. The molecule has 2 aromatic rings. The zero-order valence-electron chi connectivity index (χ0n) is 19.2. The summed E-state index contributed by atoms with van der Waals surface area (Å²) in [7, 11) is 0. The van der Waals surface area contributed by atoms with Crippen LogP contribution < -0.4 is 5.73 Å². The van der Waals surface area contributed by atoms with E-state index in [1.807, 2.05) is 16.8 Å². The molecule has 0 fully saturated rings. The summed E-state index contributed by atoms with van der Waals surface area (Å²) in [5.74, 6) is 0.775. The minimum absolute atomic E-state index is 0.341. The number of allylic oxidation sites excluding steroid dienone is 6. The average Bonchev–Trinajstić information content (AvgIpc) is 3.17. The van der Waals surface area contributed by atoms with Gasteiger partial charge in [0.25, 0.3) is 0 Å². The Morgan fingerprint density at radius 3 is 2.56 bits per heavy atom. The number of anilines is 1. The lowest BCUT2D eigenvalue weighted by atomic mass is 10.0. The number of nitrogen functional groups attached to an aromatic ring is 1. The van der Waals surface area contributed by atoms with E-state index in [9.17, 15) is 13.2 Å². The number of nitrogens with zero attached hydrogens (tertiary/aromatic N) is 4. The fourth-order valence-electron chi connectivity index (χ4n) is 3.30. The zero-order valence-corrected chi connectivity index (χ0v) is 19.2. The first-order valence-electron chi connectivity index (χ1n) is 10.9. The van der Waals surface area contributed by atoms with Gasteiger partial charge >= 0.3 is 6.18 Å². The molecule has 0 amide bonds. The van der Waals surface area contributed by atoms with Crippen LogP contribution in [-0.4, -0.2) is 25.9 Å². The fourth-order valence-corrected chi connectivity index (χ4v) is 3.30. The first-order valence-corrected chi connectivity index (χ1v) is 10.9. The molecule has 3 heterocycles. The smallest absolute Gasteiger partial charge is 0.368 e. The molecule has 3 rings (SSSR count). The maximum absolute atomic E-state index is 13.1. The number of alkyl halides is 3. The molecule has 2 aromatic heterocycles. The molecule has 0 radical (unpaired) electrons. The molecule has 0 unspecified atom stereocenters. The summed E-state index contributed by atoms with van der Waals surface area (Å²) in [4.78, 5) is 7.83. The Morgan fingerprint density at radius 2 is 2.03 bits per heavy atom. The highest BCUT2D eigenvalue weighted by atomic mass is 19.4. The van der Waals surface area contributed by atoms with Crippen LogP contribution in [0.25, 0.3) is 5.57 Å².